The van der Waals surface area contributed by atoms with Gasteiger partial charge in [0, 0.05) is 16.6 Å². The molecule has 1 N–H and O–H groups in total. The molecule has 11 rings (SSSR count). The predicted octanol–water partition coefficient (Wildman–Crippen LogP) is 13.8. The van der Waals surface area contributed by atoms with E-state index in [4.69, 9.17) is 4.42 Å². The van der Waals surface area contributed by atoms with Crippen LogP contribution in [0.2, 0.25) is 0 Å². The van der Waals surface area contributed by atoms with E-state index in [2.05, 4.69) is 127 Å². The van der Waals surface area contributed by atoms with Gasteiger partial charge in [-0.2, -0.15) is 0 Å². The highest BCUT2D eigenvalue weighted by atomic mass is 16.3. The summed E-state index contributed by atoms with van der Waals surface area (Å²) in [5.41, 5.74) is 18.0. The number of rotatable bonds is 4. The normalized spacial score (nSPS) is 17.8. The molecular formula is C49H43NO. The van der Waals surface area contributed by atoms with Crippen LogP contribution in [0.15, 0.2) is 126 Å². The van der Waals surface area contributed by atoms with Crippen LogP contribution in [0.3, 0.4) is 0 Å². The lowest BCUT2D eigenvalue weighted by Gasteiger charge is -2.32. The van der Waals surface area contributed by atoms with Gasteiger partial charge in [0.05, 0.1) is 16.5 Å². The largest absolute Gasteiger partial charge is 0.456 e. The molecule has 0 atom stereocenters. The molecule has 2 heteroatoms. The maximum absolute atomic E-state index is 6.32. The summed E-state index contributed by atoms with van der Waals surface area (Å²) in [4.78, 5) is 0. The Morgan fingerprint density at radius 2 is 1.06 bits per heavy atom. The molecule has 1 heterocycles. The van der Waals surface area contributed by atoms with Crippen LogP contribution >= 0.6 is 0 Å². The number of hydrogen-bond acceptors (Lipinski definition) is 2. The zero-order chi connectivity index (χ0) is 33.5. The van der Waals surface area contributed by atoms with Crippen LogP contribution in [0.5, 0.6) is 0 Å². The monoisotopic (exact) mass is 661 g/mol. The molecule has 4 aliphatic carbocycles. The maximum atomic E-state index is 6.32. The van der Waals surface area contributed by atoms with Crippen molar-refractivity contribution in [2.45, 2.75) is 81.5 Å². The molecule has 0 saturated heterocycles. The first kappa shape index (κ1) is 29.6. The molecule has 0 unspecified atom stereocenters. The molecule has 7 aromatic rings. The first-order chi connectivity index (χ1) is 25.3. The molecule has 0 amide bonds. The second kappa shape index (κ2) is 11.5. The molecule has 2 fully saturated rings. The average Bonchev–Trinajstić information content (AvgIpc) is 3.83. The zero-order valence-corrected chi connectivity index (χ0v) is 29.2. The van der Waals surface area contributed by atoms with Crippen molar-refractivity contribution in [3.8, 4) is 22.3 Å². The van der Waals surface area contributed by atoms with Gasteiger partial charge in [-0.25, -0.2) is 0 Å². The number of para-hydroxylation sites is 1. The third-order valence-electron chi connectivity index (χ3n) is 13.1. The van der Waals surface area contributed by atoms with Crippen LogP contribution in [0.1, 0.15) is 109 Å². The Labute approximate surface area is 300 Å². The van der Waals surface area contributed by atoms with Crippen LogP contribution in [-0.2, 0) is 5.41 Å². The smallest absolute Gasteiger partial charge is 0.137 e. The molecule has 0 bridgehead atoms. The summed E-state index contributed by atoms with van der Waals surface area (Å²) in [7, 11) is 0. The van der Waals surface area contributed by atoms with Crippen molar-refractivity contribution in [2.24, 2.45) is 0 Å². The average molecular weight is 662 g/mol. The van der Waals surface area contributed by atoms with Gasteiger partial charge in [-0.15, -0.1) is 0 Å². The van der Waals surface area contributed by atoms with Crippen LogP contribution in [-0.4, -0.2) is 0 Å². The highest BCUT2D eigenvalue weighted by Gasteiger charge is 2.52. The summed E-state index contributed by atoms with van der Waals surface area (Å²) in [5, 5.41) is 6.27. The van der Waals surface area contributed by atoms with Crippen molar-refractivity contribution in [3.63, 3.8) is 0 Å². The molecule has 0 aliphatic heterocycles. The first-order valence-corrected chi connectivity index (χ1v) is 19.5. The first-order valence-electron chi connectivity index (χ1n) is 19.5. The van der Waals surface area contributed by atoms with Crippen LogP contribution < -0.4 is 5.32 Å². The van der Waals surface area contributed by atoms with E-state index in [1.54, 1.807) is 0 Å². The molecule has 4 aliphatic rings. The number of nitrogens with one attached hydrogen (secondary N) is 1. The van der Waals surface area contributed by atoms with E-state index in [1.165, 1.54) is 120 Å². The summed E-state index contributed by atoms with van der Waals surface area (Å²) >= 11 is 0. The van der Waals surface area contributed by atoms with Crippen LogP contribution in [0.25, 0.3) is 44.2 Å². The summed E-state index contributed by atoms with van der Waals surface area (Å²) in [6, 6.07) is 46.3. The van der Waals surface area contributed by atoms with Gasteiger partial charge in [0.15, 0.2) is 0 Å². The second-order valence-corrected chi connectivity index (χ2v) is 15.7. The summed E-state index contributed by atoms with van der Waals surface area (Å²) in [6.45, 7) is 0. The molecule has 1 spiro atoms. The predicted molar refractivity (Wildman–Crippen MR) is 211 cm³/mol. The van der Waals surface area contributed by atoms with Gasteiger partial charge in [-0.1, -0.05) is 136 Å². The van der Waals surface area contributed by atoms with E-state index in [9.17, 15) is 0 Å². The number of hydrogen-bond donors (Lipinski definition) is 1. The lowest BCUT2D eigenvalue weighted by Crippen LogP contribution is -2.26. The fraction of sp³-hybridized carbons (Fsp3) is 0.265. The molecule has 6 aromatic carbocycles. The number of benzene rings is 6. The standard InChI is InChI=1S/C49H43NO/c1-3-13-31(14-4-1)33-25-27-35-36-28-26-34(32-15-5-2-6-16-32)30-42(36)49(41(35)29-33)39-19-9-7-17-37(39)47-40(49)20-11-21-43(47)50-44-22-12-24-46-48(44)38-18-8-10-23-45(38)51-46/h7-12,17-32,50H,1-6,13-16H2. The lowest BCUT2D eigenvalue weighted by molar-refractivity contribution is 0.443. The van der Waals surface area contributed by atoms with E-state index >= 15 is 0 Å². The Morgan fingerprint density at radius 3 is 1.78 bits per heavy atom. The number of anilines is 2. The molecular weight excluding hydrogens is 619 g/mol. The lowest BCUT2D eigenvalue weighted by atomic mass is 9.69. The Bertz CT molecular complexity index is 2420. The van der Waals surface area contributed by atoms with Gasteiger partial charge < -0.3 is 9.73 Å². The SMILES string of the molecule is c1ccc2c(c1)-c1c(Nc3cccc4oc5ccccc5c34)cccc1C21c2cc(C3CCCCC3)ccc2-c2ccc(C3CCCCC3)cc21. The van der Waals surface area contributed by atoms with Crippen molar-refractivity contribution >= 4 is 33.3 Å². The van der Waals surface area contributed by atoms with E-state index in [-0.39, 0.29) is 5.41 Å². The molecule has 250 valence electrons. The summed E-state index contributed by atoms with van der Waals surface area (Å²) < 4.78 is 6.32. The van der Waals surface area contributed by atoms with E-state index in [0.29, 0.717) is 11.8 Å². The van der Waals surface area contributed by atoms with Crippen molar-refractivity contribution in [1.29, 1.82) is 0 Å². The van der Waals surface area contributed by atoms with Gasteiger partial charge >= 0.3 is 0 Å². The van der Waals surface area contributed by atoms with Crippen molar-refractivity contribution < 1.29 is 4.42 Å². The van der Waals surface area contributed by atoms with E-state index in [0.717, 1.165) is 33.3 Å². The Kier molecular flexibility index (Phi) is 6.66. The van der Waals surface area contributed by atoms with Gasteiger partial charge in [-0.3, -0.25) is 0 Å². The van der Waals surface area contributed by atoms with Crippen molar-refractivity contribution in [2.75, 3.05) is 5.32 Å². The minimum absolute atomic E-state index is 0.363. The fourth-order valence-corrected chi connectivity index (χ4v) is 10.8. The van der Waals surface area contributed by atoms with Gasteiger partial charge in [0.1, 0.15) is 11.2 Å². The molecule has 0 radical (unpaired) electrons. The van der Waals surface area contributed by atoms with Gasteiger partial charge in [-0.05, 0) is 112 Å². The quantitative estimate of drug-likeness (QED) is 0.203. The highest BCUT2D eigenvalue weighted by molar-refractivity contribution is 6.12. The van der Waals surface area contributed by atoms with Crippen molar-refractivity contribution in [1.82, 2.24) is 0 Å². The molecule has 1 aromatic heterocycles. The Balaban J connectivity index is 1.16. The minimum atomic E-state index is -0.363. The maximum Gasteiger partial charge on any atom is 0.137 e. The second-order valence-electron chi connectivity index (χ2n) is 15.7. The van der Waals surface area contributed by atoms with Crippen LogP contribution in [0.4, 0.5) is 11.4 Å². The highest BCUT2D eigenvalue weighted by Crippen LogP contribution is 2.65. The van der Waals surface area contributed by atoms with E-state index in [1.807, 2.05) is 0 Å². The number of furan rings is 1. The Morgan fingerprint density at radius 1 is 0.471 bits per heavy atom. The zero-order valence-electron chi connectivity index (χ0n) is 29.2. The molecule has 51 heavy (non-hydrogen) atoms. The third kappa shape index (κ3) is 4.29. The topological polar surface area (TPSA) is 25.2 Å². The summed E-state index contributed by atoms with van der Waals surface area (Å²) in [5.74, 6) is 1.30. The van der Waals surface area contributed by atoms with Crippen molar-refractivity contribution in [3.05, 3.63) is 155 Å². The van der Waals surface area contributed by atoms with Crippen LogP contribution in [0, 0.1) is 0 Å². The summed E-state index contributed by atoms with van der Waals surface area (Å²) in [6.07, 6.45) is 13.3. The van der Waals surface area contributed by atoms with Gasteiger partial charge in [0.2, 0.25) is 0 Å². The number of fused-ring (bicyclic) bond motifs is 13. The Hall–Kier alpha value is -5.08. The minimum Gasteiger partial charge on any atom is -0.456 e. The third-order valence-corrected chi connectivity index (χ3v) is 13.1. The molecule has 2 nitrogen and oxygen atoms in total. The molecule has 2 saturated carbocycles. The fourth-order valence-electron chi connectivity index (χ4n) is 10.8. The van der Waals surface area contributed by atoms with E-state index < -0.39 is 0 Å². The van der Waals surface area contributed by atoms with Gasteiger partial charge in [0.25, 0.3) is 0 Å².